The quantitative estimate of drug-likeness (QED) is 0.0622. The predicted octanol–water partition coefficient (Wildman–Crippen LogP) is -9.21. The van der Waals surface area contributed by atoms with Crippen molar-refractivity contribution in [3.8, 4) is 0 Å². The first-order chi connectivity index (χ1) is 11.7. The Bertz CT molecular complexity index is 227. The minimum Gasteiger partial charge on any atom is -1.00 e. The largest absolute Gasteiger partial charge is 1.00 e. The zero-order valence-corrected chi connectivity index (χ0v) is 36.6. The van der Waals surface area contributed by atoms with E-state index in [0.29, 0.717) is 10.5 Å². The van der Waals surface area contributed by atoms with Crippen LogP contribution in [0.15, 0.2) is 0 Å². The van der Waals surface area contributed by atoms with Gasteiger partial charge in [0.15, 0.2) is 0 Å². The summed E-state index contributed by atoms with van der Waals surface area (Å²) >= 11 is 35.2. The molecule has 0 amide bonds. The van der Waals surface area contributed by atoms with Crippen molar-refractivity contribution in [2.45, 2.75) is 25.4 Å². The second-order valence-corrected chi connectivity index (χ2v) is 11.9. The van der Waals surface area contributed by atoms with Gasteiger partial charge in [-0.1, -0.05) is 14.9 Å². The fourth-order valence-corrected chi connectivity index (χ4v) is 7.57. The predicted molar refractivity (Wildman–Crippen MR) is 166 cm³/mol. The maximum Gasteiger partial charge on any atom is 1.00 e. The van der Waals surface area contributed by atoms with Crippen LogP contribution in [0.4, 0.5) is 0 Å². The van der Waals surface area contributed by atoms with Crippen LogP contribution in [0, 0.1) is 0 Å². The number of rotatable bonds is 16. The third-order valence-electron chi connectivity index (χ3n) is 2.34. The Morgan fingerprint density at radius 2 is 1.03 bits per heavy atom. The summed E-state index contributed by atoms with van der Waals surface area (Å²) in [6.07, 6.45) is 0. The number of thiol groups is 3. The molecular weight excluding hydrogens is 676 g/mol. The Hall–Kier alpha value is 8.08. The van der Waals surface area contributed by atoms with Crippen molar-refractivity contribution in [2.24, 2.45) is 0 Å². The van der Waals surface area contributed by atoms with E-state index in [0.717, 1.165) is 63.3 Å². The van der Waals surface area contributed by atoms with Crippen molar-refractivity contribution >= 4 is 135 Å². The molecule has 0 aromatic rings. The van der Waals surface area contributed by atoms with Crippen molar-refractivity contribution in [1.82, 2.24) is 0 Å². The molecular formula is C16H38Cl2Na4S10. The van der Waals surface area contributed by atoms with Crippen LogP contribution in [0.2, 0.25) is 0 Å². The van der Waals surface area contributed by atoms with Crippen LogP contribution in [-0.4, -0.2) is 79.5 Å². The van der Waals surface area contributed by atoms with Gasteiger partial charge in [0.05, 0.1) is 0 Å². The molecule has 0 aliphatic carbocycles. The zero-order chi connectivity index (χ0) is 18.5. The summed E-state index contributed by atoms with van der Waals surface area (Å²) < 4.78 is 0. The van der Waals surface area contributed by atoms with Crippen molar-refractivity contribution in [3.63, 3.8) is 0 Å². The van der Waals surface area contributed by atoms with Gasteiger partial charge >= 0.3 is 118 Å². The van der Waals surface area contributed by atoms with Gasteiger partial charge in [-0.05, 0) is 28.3 Å². The second kappa shape index (κ2) is 62.6. The van der Waals surface area contributed by atoms with Crippen LogP contribution < -0.4 is 131 Å². The van der Waals surface area contributed by atoms with Gasteiger partial charge < -0.3 is 50.3 Å². The molecule has 0 bridgehead atoms. The first-order valence-corrected chi connectivity index (χ1v) is 15.7. The molecule has 0 aliphatic rings. The van der Waals surface area contributed by atoms with Gasteiger partial charge in [-0.25, -0.2) is 0 Å². The zero-order valence-electron chi connectivity index (χ0n) is 18.6. The van der Waals surface area contributed by atoms with E-state index in [4.69, 9.17) is 37.9 Å². The molecule has 2 atom stereocenters. The molecule has 0 saturated heterocycles. The normalized spacial score (nSPS) is 9.94. The fraction of sp³-hybridized carbons (Fsp3) is 1.00. The molecule has 16 heteroatoms. The van der Waals surface area contributed by atoms with E-state index in [2.05, 4.69) is 37.9 Å². The molecule has 0 aromatic heterocycles. The van der Waals surface area contributed by atoms with Gasteiger partial charge in [0.1, 0.15) is 0 Å². The van der Waals surface area contributed by atoms with E-state index in [9.17, 15) is 0 Å². The minimum absolute atomic E-state index is 0. The molecule has 0 rings (SSSR count). The van der Waals surface area contributed by atoms with E-state index < -0.39 is 0 Å². The van der Waals surface area contributed by atoms with Gasteiger partial charge in [0, 0.05) is 34.0 Å². The van der Waals surface area contributed by atoms with Crippen LogP contribution in [-0.2, 0) is 37.9 Å². The molecule has 0 spiro atoms. The second-order valence-electron chi connectivity index (χ2n) is 4.34. The summed E-state index contributed by atoms with van der Waals surface area (Å²) in [5.41, 5.74) is 0. The summed E-state index contributed by atoms with van der Waals surface area (Å²) in [7, 11) is 0. The smallest absolute Gasteiger partial charge is 1.00 e. The van der Waals surface area contributed by atoms with Crippen LogP contribution in [0.25, 0.3) is 0 Å². The molecule has 180 valence electrons. The number of hydrogen-bond donors (Lipinski definition) is 3. The SMILES string of the molecule is C.C.Cl.SCCSCC(CS)SCCS.[Cl-].[Na+].[Na+].[Na+].[Na+].[S-]CCSCC(C[S-])SCC[S-]. The molecule has 0 fully saturated rings. The maximum absolute atomic E-state index is 5.04. The van der Waals surface area contributed by atoms with Crippen LogP contribution in [0.3, 0.4) is 0 Å². The van der Waals surface area contributed by atoms with Gasteiger partial charge in [0.25, 0.3) is 0 Å². The van der Waals surface area contributed by atoms with Gasteiger partial charge in [-0.3, -0.25) is 0 Å². The molecule has 0 heterocycles. The minimum atomic E-state index is 0. The monoisotopic (exact) mass is 712 g/mol. The molecule has 0 radical (unpaired) electrons. The average molecular weight is 714 g/mol. The molecule has 0 saturated carbocycles. The molecule has 0 aliphatic heterocycles. The Morgan fingerprint density at radius 1 is 0.625 bits per heavy atom. The van der Waals surface area contributed by atoms with E-state index in [1.807, 2.05) is 47.0 Å². The van der Waals surface area contributed by atoms with Crippen molar-refractivity contribution in [3.05, 3.63) is 0 Å². The molecule has 0 aromatic carbocycles. The summed E-state index contributed by atoms with van der Waals surface area (Å²) in [5.74, 6) is 12.2. The third-order valence-corrected chi connectivity index (χ3v) is 10.8. The number of halogens is 2. The van der Waals surface area contributed by atoms with E-state index >= 15 is 0 Å². The first kappa shape index (κ1) is 67.7. The summed E-state index contributed by atoms with van der Waals surface area (Å²) in [4.78, 5) is 0. The average Bonchev–Trinajstić information content (AvgIpc) is 2.61. The Kier molecular flexibility index (Phi) is 132. The van der Waals surface area contributed by atoms with Crippen molar-refractivity contribution in [1.29, 1.82) is 0 Å². The third kappa shape index (κ3) is 57.9. The van der Waals surface area contributed by atoms with E-state index in [1.54, 1.807) is 0 Å². The molecule has 2 unspecified atom stereocenters. The summed E-state index contributed by atoms with van der Waals surface area (Å²) in [6.45, 7) is 0. The van der Waals surface area contributed by atoms with Gasteiger partial charge in [0.2, 0.25) is 0 Å². The van der Waals surface area contributed by atoms with E-state index in [-0.39, 0.29) is 158 Å². The molecule has 0 N–H and O–H groups in total. The van der Waals surface area contributed by atoms with Crippen LogP contribution in [0.1, 0.15) is 14.9 Å². The van der Waals surface area contributed by atoms with Crippen LogP contribution >= 0.6 is 97.3 Å². The topological polar surface area (TPSA) is 0 Å². The maximum atomic E-state index is 5.04. The molecule has 32 heavy (non-hydrogen) atoms. The van der Waals surface area contributed by atoms with Crippen molar-refractivity contribution < 1.29 is 131 Å². The Balaban J connectivity index is -0.0000000302. The Morgan fingerprint density at radius 3 is 1.41 bits per heavy atom. The Labute approximate surface area is 353 Å². The summed E-state index contributed by atoms with van der Waals surface area (Å²) in [6, 6.07) is 0. The van der Waals surface area contributed by atoms with Crippen molar-refractivity contribution in [2.75, 3.05) is 69.0 Å². The number of thioether (sulfide) groups is 4. The standard InChI is InChI=1S/2C7H16S5.2CH4.2ClH.4Na/c2*8-1-3-11-6-7(5-10)12-4-2-9;;;;;;;;/h2*7-10H,1-6H2;2*1H4;2*1H;;;;/q;;;;;;4*+1/p-4. The fourth-order valence-electron chi connectivity index (χ4n) is 1.29. The van der Waals surface area contributed by atoms with Gasteiger partial charge in [-0.15, -0.1) is 12.4 Å². The molecule has 0 nitrogen and oxygen atoms in total. The number of hydrogen-bond acceptors (Lipinski definition) is 10. The van der Waals surface area contributed by atoms with E-state index in [1.165, 1.54) is 5.75 Å². The summed E-state index contributed by atoms with van der Waals surface area (Å²) in [5, 5.41) is 1.29. The first-order valence-electron chi connectivity index (χ1n) is 7.65. The van der Waals surface area contributed by atoms with Gasteiger partial charge in [-0.2, -0.15) is 102 Å². The van der Waals surface area contributed by atoms with Crippen LogP contribution in [0.5, 0.6) is 0 Å².